The lowest BCUT2D eigenvalue weighted by Crippen LogP contribution is -2.60. The van der Waals surface area contributed by atoms with Gasteiger partial charge in [0.25, 0.3) is 11.9 Å². The first kappa shape index (κ1) is 19.1. The van der Waals surface area contributed by atoms with E-state index in [9.17, 15) is 18.4 Å². The standard InChI is InChI=1S/C22H25F2N5O2/c23-22(24)10-16(22)19(31)27-11-21(12-27)8-6-14(7-9-21)17-2-1-3-18-25-20(26-29(17)18)28(13-30)15-4-5-15/h1-3,13-16H,4-12H2/t16-/m0/s1. The maximum Gasteiger partial charge on any atom is 0.260 e. The Morgan fingerprint density at radius 2 is 1.87 bits per heavy atom. The summed E-state index contributed by atoms with van der Waals surface area (Å²) in [7, 11) is 0. The van der Waals surface area contributed by atoms with Crippen LogP contribution in [0.15, 0.2) is 18.2 Å². The Balaban J connectivity index is 1.14. The third kappa shape index (κ3) is 3.11. The molecule has 9 heteroatoms. The van der Waals surface area contributed by atoms with Crippen LogP contribution in [-0.2, 0) is 9.59 Å². The predicted molar refractivity (Wildman–Crippen MR) is 108 cm³/mol. The van der Waals surface area contributed by atoms with Gasteiger partial charge in [-0.2, -0.15) is 4.98 Å². The van der Waals surface area contributed by atoms with E-state index in [1.165, 1.54) is 0 Å². The molecule has 0 unspecified atom stereocenters. The van der Waals surface area contributed by atoms with Crippen molar-refractivity contribution < 1.29 is 18.4 Å². The van der Waals surface area contributed by atoms with Gasteiger partial charge in [0.2, 0.25) is 12.3 Å². The van der Waals surface area contributed by atoms with E-state index in [4.69, 9.17) is 0 Å². The van der Waals surface area contributed by atoms with Crippen LogP contribution < -0.4 is 4.90 Å². The molecule has 4 aliphatic rings. The summed E-state index contributed by atoms with van der Waals surface area (Å²) in [4.78, 5) is 31.5. The maximum absolute atomic E-state index is 13.2. The summed E-state index contributed by atoms with van der Waals surface area (Å²) in [6, 6.07) is 6.17. The fourth-order valence-corrected chi connectivity index (χ4v) is 5.44. The van der Waals surface area contributed by atoms with Crippen LogP contribution in [0, 0.1) is 11.3 Å². The largest absolute Gasteiger partial charge is 0.341 e. The number of alkyl halides is 2. The minimum Gasteiger partial charge on any atom is -0.341 e. The minimum absolute atomic E-state index is 0.0814. The molecule has 0 aromatic carbocycles. The molecule has 1 spiro atoms. The molecular weight excluding hydrogens is 404 g/mol. The number of anilines is 1. The number of aromatic nitrogens is 3. The number of hydrogen-bond acceptors (Lipinski definition) is 4. The number of fused-ring (bicyclic) bond motifs is 1. The number of nitrogens with zero attached hydrogens (tertiary/aromatic N) is 5. The van der Waals surface area contributed by atoms with Crippen LogP contribution in [0.5, 0.6) is 0 Å². The van der Waals surface area contributed by atoms with Crippen molar-refractivity contribution >= 4 is 23.9 Å². The third-order valence-electron chi connectivity index (χ3n) is 7.62. The lowest BCUT2D eigenvalue weighted by Gasteiger charge is -2.53. The zero-order chi connectivity index (χ0) is 21.4. The Bertz CT molecular complexity index is 1050. The highest BCUT2D eigenvalue weighted by Gasteiger charge is 2.64. The van der Waals surface area contributed by atoms with Crippen molar-refractivity contribution in [2.24, 2.45) is 11.3 Å². The lowest BCUT2D eigenvalue weighted by atomic mass is 9.65. The van der Waals surface area contributed by atoms with Gasteiger partial charge in [-0.1, -0.05) is 6.07 Å². The Morgan fingerprint density at radius 3 is 2.48 bits per heavy atom. The topological polar surface area (TPSA) is 70.8 Å². The molecular formula is C22H25F2N5O2. The monoisotopic (exact) mass is 429 g/mol. The van der Waals surface area contributed by atoms with Crippen LogP contribution in [0.4, 0.5) is 14.7 Å². The van der Waals surface area contributed by atoms with Crippen molar-refractivity contribution in [3.63, 3.8) is 0 Å². The quantitative estimate of drug-likeness (QED) is 0.685. The molecule has 2 aromatic heterocycles. The molecule has 1 saturated heterocycles. The van der Waals surface area contributed by atoms with E-state index in [0.717, 1.165) is 56.3 Å². The zero-order valence-electron chi connectivity index (χ0n) is 17.2. The van der Waals surface area contributed by atoms with Crippen LogP contribution in [0.3, 0.4) is 0 Å². The van der Waals surface area contributed by atoms with E-state index >= 15 is 0 Å². The average molecular weight is 429 g/mol. The fourth-order valence-electron chi connectivity index (χ4n) is 5.44. The minimum atomic E-state index is -2.79. The second-order valence-corrected chi connectivity index (χ2v) is 9.86. The molecule has 4 fully saturated rings. The first-order valence-electron chi connectivity index (χ1n) is 11.2. The van der Waals surface area contributed by atoms with E-state index in [-0.39, 0.29) is 23.8 Å². The number of rotatable bonds is 5. The van der Waals surface area contributed by atoms with Gasteiger partial charge in [-0.3, -0.25) is 14.5 Å². The van der Waals surface area contributed by atoms with Crippen molar-refractivity contribution in [1.29, 1.82) is 0 Å². The van der Waals surface area contributed by atoms with Gasteiger partial charge >= 0.3 is 0 Å². The molecule has 3 heterocycles. The van der Waals surface area contributed by atoms with Gasteiger partial charge in [0.1, 0.15) is 5.92 Å². The molecule has 2 amide bonds. The molecule has 0 radical (unpaired) electrons. The van der Waals surface area contributed by atoms with Gasteiger partial charge in [0.05, 0.1) is 0 Å². The highest BCUT2D eigenvalue weighted by atomic mass is 19.3. The van der Waals surface area contributed by atoms with Crippen molar-refractivity contribution in [3.8, 4) is 0 Å². The van der Waals surface area contributed by atoms with Gasteiger partial charge in [-0.15, -0.1) is 5.10 Å². The van der Waals surface area contributed by atoms with Crippen LogP contribution in [0.25, 0.3) is 5.65 Å². The molecule has 6 rings (SSSR count). The predicted octanol–water partition coefficient (Wildman–Crippen LogP) is 3.00. The van der Waals surface area contributed by atoms with Crippen LogP contribution in [0.1, 0.15) is 56.6 Å². The Morgan fingerprint density at radius 1 is 1.16 bits per heavy atom. The first-order valence-corrected chi connectivity index (χ1v) is 11.2. The summed E-state index contributed by atoms with van der Waals surface area (Å²) in [6.45, 7) is 1.22. The maximum atomic E-state index is 13.2. The third-order valence-corrected chi connectivity index (χ3v) is 7.62. The number of amides is 2. The molecule has 3 saturated carbocycles. The Kier molecular flexibility index (Phi) is 3.99. The molecule has 3 aliphatic carbocycles. The molecule has 1 atom stereocenters. The SMILES string of the molecule is O=CN(c1nc2cccc(C3CCC4(CC3)CN(C(=O)[C@@H]3CC3(F)F)C4)n2n1)C1CC1. The van der Waals surface area contributed by atoms with Crippen molar-refractivity contribution in [1.82, 2.24) is 19.5 Å². The van der Waals surface area contributed by atoms with E-state index in [1.54, 1.807) is 9.80 Å². The zero-order valence-corrected chi connectivity index (χ0v) is 17.2. The van der Waals surface area contributed by atoms with Crippen LogP contribution in [0.2, 0.25) is 0 Å². The number of hydrogen-bond donors (Lipinski definition) is 0. The normalized spacial score (nSPS) is 26.6. The lowest BCUT2D eigenvalue weighted by molar-refractivity contribution is -0.149. The summed E-state index contributed by atoms with van der Waals surface area (Å²) < 4.78 is 28.3. The van der Waals surface area contributed by atoms with Gasteiger partial charge in [-0.25, -0.2) is 13.3 Å². The Labute approximate surface area is 178 Å². The van der Waals surface area contributed by atoms with Gasteiger partial charge in [-0.05, 0) is 50.7 Å². The summed E-state index contributed by atoms with van der Waals surface area (Å²) >= 11 is 0. The van der Waals surface area contributed by atoms with Crippen LogP contribution >= 0.6 is 0 Å². The number of carbonyl (C=O) groups excluding carboxylic acids is 2. The summed E-state index contributed by atoms with van der Waals surface area (Å²) in [5.74, 6) is -3.45. The summed E-state index contributed by atoms with van der Waals surface area (Å²) in [5, 5.41) is 4.64. The highest BCUT2D eigenvalue weighted by molar-refractivity contribution is 5.83. The highest BCUT2D eigenvalue weighted by Crippen LogP contribution is 2.53. The number of pyridine rings is 1. The summed E-state index contributed by atoms with van der Waals surface area (Å²) in [5.41, 5.74) is 1.92. The molecule has 164 valence electrons. The van der Waals surface area contributed by atoms with E-state index in [0.29, 0.717) is 25.0 Å². The second kappa shape index (κ2) is 6.46. The molecule has 0 N–H and O–H groups in total. The number of likely N-dealkylation sites (tertiary alicyclic amines) is 1. The number of halogens is 2. The van der Waals surface area contributed by atoms with Crippen LogP contribution in [-0.4, -0.2) is 56.9 Å². The van der Waals surface area contributed by atoms with Crippen molar-refractivity contribution in [2.45, 2.75) is 62.8 Å². The summed E-state index contributed by atoms with van der Waals surface area (Å²) in [6.07, 6.45) is 6.40. The van der Waals surface area contributed by atoms with Gasteiger partial charge in [0, 0.05) is 42.6 Å². The van der Waals surface area contributed by atoms with E-state index < -0.39 is 11.8 Å². The Hall–Kier alpha value is -2.58. The molecule has 2 aromatic rings. The molecule has 1 aliphatic heterocycles. The average Bonchev–Trinajstić information content (AvgIpc) is 3.62. The van der Waals surface area contributed by atoms with Crippen molar-refractivity contribution in [3.05, 3.63) is 23.9 Å². The number of carbonyl (C=O) groups is 2. The second-order valence-electron chi connectivity index (χ2n) is 9.86. The molecule has 0 bridgehead atoms. The van der Waals surface area contributed by atoms with Crippen molar-refractivity contribution in [2.75, 3.05) is 18.0 Å². The fraction of sp³-hybridized carbons (Fsp3) is 0.636. The van der Waals surface area contributed by atoms with Gasteiger partial charge < -0.3 is 4.90 Å². The molecule has 31 heavy (non-hydrogen) atoms. The van der Waals surface area contributed by atoms with E-state index in [1.807, 2.05) is 16.6 Å². The van der Waals surface area contributed by atoms with Gasteiger partial charge in [0.15, 0.2) is 5.65 Å². The molecule has 7 nitrogen and oxygen atoms in total. The van der Waals surface area contributed by atoms with E-state index in [2.05, 4.69) is 16.1 Å². The smallest absolute Gasteiger partial charge is 0.260 e. The first-order chi connectivity index (χ1) is 14.9.